The molecule has 0 atom stereocenters. The standard InChI is InChI=1S/C15H17N3O4S2/c1-21-12-9-14(13(22-2)8-11(12)17-15(16)23)24(19,20)18-10-6-4-3-5-7-10/h3-9,18H,1-2H3,(H3,16,17,23). The number of thiocarbonyl (C=S) groups is 1. The highest BCUT2D eigenvalue weighted by atomic mass is 32.2. The molecule has 24 heavy (non-hydrogen) atoms. The zero-order valence-electron chi connectivity index (χ0n) is 13.1. The molecule has 128 valence electrons. The summed E-state index contributed by atoms with van der Waals surface area (Å²) in [6, 6.07) is 11.3. The van der Waals surface area contributed by atoms with E-state index in [1.165, 1.54) is 26.4 Å². The Labute approximate surface area is 145 Å². The second-order valence-electron chi connectivity index (χ2n) is 4.66. The lowest BCUT2D eigenvalue weighted by Gasteiger charge is -2.16. The Hall–Kier alpha value is -2.52. The first kappa shape index (κ1) is 17.8. The first-order chi connectivity index (χ1) is 11.4. The smallest absolute Gasteiger partial charge is 0.265 e. The molecule has 0 bridgehead atoms. The SMILES string of the molecule is COc1cc(S(=O)(=O)Nc2ccccc2)c(OC)cc1NC(N)=S. The van der Waals surface area contributed by atoms with Gasteiger partial charge in [-0.3, -0.25) is 4.72 Å². The number of anilines is 2. The molecule has 0 fully saturated rings. The molecule has 0 saturated carbocycles. The summed E-state index contributed by atoms with van der Waals surface area (Å²) in [6.45, 7) is 0. The second kappa shape index (κ2) is 7.37. The van der Waals surface area contributed by atoms with E-state index in [1.54, 1.807) is 30.3 Å². The van der Waals surface area contributed by atoms with Crippen LogP contribution in [0.25, 0.3) is 0 Å². The van der Waals surface area contributed by atoms with Crippen molar-refractivity contribution >= 4 is 38.7 Å². The van der Waals surface area contributed by atoms with Crippen molar-refractivity contribution < 1.29 is 17.9 Å². The molecule has 0 unspecified atom stereocenters. The van der Waals surface area contributed by atoms with Crippen molar-refractivity contribution in [2.75, 3.05) is 24.3 Å². The number of sulfonamides is 1. The van der Waals surface area contributed by atoms with E-state index in [0.29, 0.717) is 11.4 Å². The quantitative estimate of drug-likeness (QED) is 0.672. The Morgan fingerprint density at radius 3 is 2.25 bits per heavy atom. The molecule has 2 aromatic rings. The Bertz CT molecular complexity index is 839. The van der Waals surface area contributed by atoms with Crippen LogP contribution in [0.3, 0.4) is 0 Å². The van der Waals surface area contributed by atoms with E-state index in [0.717, 1.165) is 0 Å². The second-order valence-corrected chi connectivity index (χ2v) is 6.75. The molecule has 0 aliphatic heterocycles. The van der Waals surface area contributed by atoms with Crippen LogP contribution < -0.4 is 25.2 Å². The van der Waals surface area contributed by atoms with Gasteiger partial charge in [0.2, 0.25) is 0 Å². The van der Waals surface area contributed by atoms with Gasteiger partial charge in [-0.05, 0) is 24.4 Å². The van der Waals surface area contributed by atoms with E-state index < -0.39 is 10.0 Å². The van der Waals surface area contributed by atoms with E-state index in [-0.39, 0.29) is 21.5 Å². The number of rotatable bonds is 6. The van der Waals surface area contributed by atoms with Gasteiger partial charge in [0.25, 0.3) is 10.0 Å². The number of methoxy groups -OCH3 is 2. The minimum atomic E-state index is -3.88. The predicted octanol–water partition coefficient (Wildman–Crippen LogP) is 2.16. The number of nitrogens with two attached hydrogens (primary N) is 1. The molecule has 0 radical (unpaired) electrons. The van der Waals surface area contributed by atoms with Gasteiger partial charge < -0.3 is 20.5 Å². The fourth-order valence-corrected chi connectivity index (χ4v) is 3.36. The van der Waals surface area contributed by atoms with Crippen molar-refractivity contribution in [1.29, 1.82) is 0 Å². The first-order valence-corrected chi connectivity index (χ1v) is 8.67. The number of hydrogen-bond acceptors (Lipinski definition) is 5. The average molecular weight is 367 g/mol. The van der Waals surface area contributed by atoms with Crippen LogP contribution in [-0.2, 0) is 10.0 Å². The molecule has 0 aliphatic rings. The molecule has 9 heteroatoms. The highest BCUT2D eigenvalue weighted by Gasteiger charge is 2.23. The van der Waals surface area contributed by atoms with Gasteiger partial charge in [-0.25, -0.2) is 8.42 Å². The number of nitrogens with one attached hydrogen (secondary N) is 2. The number of benzene rings is 2. The minimum Gasteiger partial charge on any atom is -0.495 e. The molecule has 0 amide bonds. The summed E-state index contributed by atoms with van der Waals surface area (Å²) in [5, 5.41) is 2.74. The van der Waals surface area contributed by atoms with Crippen molar-refractivity contribution in [2.45, 2.75) is 4.90 Å². The summed E-state index contributed by atoms with van der Waals surface area (Å²) in [7, 11) is -1.10. The minimum absolute atomic E-state index is 0.0216. The molecular weight excluding hydrogens is 350 g/mol. The highest BCUT2D eigenvalue weighted by molar-refractivity contribution is 7.92. The molecule has 0 heterocycles. The third-order valence-electron chi connectivity index (χ3n) is 3.06. The zero-order chi connectivity index (χ0) is 17.7. The van der Waals surface area contributed by atoms with Gasteiger partial charge in [0.15, 0.2) is 5.11 Å². The summed E-state index contributed by atoms with van der Waals surface area (Å²) >= 11 is 4.80. The Morgan fingerprint density at radius 2 is 1.71 bits per heavy atom. The van der Waals surface area contributed by atoms with Crippen LogP contribution in [0.15, 0.2) is 47.4 Å². The third kappa shape index (κ3) is 4.06. The maximum Gasteiger partial charge on any atom is 0.265 e. The maximum atomic E-state index is 12.7. The molecule has 0 aromatic heterocycles. The van der Waals surface area contributed by atoms with Crippen molar-refractivity contribution in [3.8, 4) is 11.5 Å². The van der Waals surface area contributed by atoms with Crippen molar-refractivity contribution in [3.63, 3.8) is 0 Å². The Balaban J connectivity index is 2.50. The molecule has 0 spiro atoms. The van der Waals surface area contributed by atoms with E-state index in [1.807, 2.05) is 0 Å². The molecule has 0 aliphatic carbocycles. The van der Waals surface area contributed by atoms with Crippen LogP contribution in [0.2, 0.25) is 0 Å². The molecule has 7 nitrogen and oxygen atoms in total. The maximum absolute atomic E-state index is 12.7. The van der Waals surface area contributed by atoms with Crippen LogP contribution in [0, 0.1) is 0 Å². The lowest BCUT2D eigenvalue weighted by atomic mass is 10.2. The van der Waals surface area contributed by atoms with Crippen molar-refractivity contribution in [1.82, 2.24) is 0 Å². The predicted molar refractivity (Wildman–Crippen MR) is 97.2 cm³/mol. The van der Waals surface area contributed by atoms with E-state index in [4.69, 9.17) is 27.4 Å². The Kier molecular flexibility index (Phi) is 5.47. The average Bonchev–Trinajstić information content (AvgIpc) is 2.54. The monoisotopic (exact) mass is 367 g/mol. The summed E-state index contributed by atoms with van der Waals surface area (Å²) in [6.07, 6.45) is 0. The fourth-order valence-electron chi connectivity index (χ4n) is 2.03. The van der Waals surface area contributed by atoms with Crippen LogP contribution in [0.5, 0.6) is 11.5 Å². The van der Waals surface area contributed by atoms with Crippen LogP contribution in [0.4, 0.5) is 11.4 Å². The van der Waals surface area contributed by atoms with Crippen molar-refractivity contribution in [2.24, 2.45) is 5.73 Å². The number of ether oxygens (including phenoxy) is 2. The van der Waals surface area contributed by atoms with Crippen molar-refractivity contribution in [3.05, 3.63) is 42.5 Å². The molecule has 2 aromatic carbocycles. The van der Waals surface area contributed by atoms with Gasteiger partial charge in [-0.2, -0.15) is 0 Å². The van der Waals surface area contributed by atoms with Crippen LogP contribution >= 0.6 is 12.2 Å². The number of para-hydroxylation sites is 1. The van der Waals surface area contributed by atoms with Gasteiger partial charge in [-0.1, -0.05) is 18.2 Å². The van der Waals surface area contributed by atoms with Gasteiger partial charge >= 0.3 is 0 Å². The number of hydrogen-bond donors (Lipinski definition) is 3. The summed E-state index contributed by atoms with van der Waals surface area (Å²) in [4.78, 5) is -0.0702. The van der Waals surface area contributed by atoms with E-state index in [2.05, 4.69) is 10.0 Å². The van der Waals surface area contributed by atoms with Gasteiger partial charge in [0, 0.05) is 17.8 Å². The summed E-state index contributed by atoms with van der Waals surface area (Å²) in [5.41, 5.74) is 6.30. The van der Waals surface area contributed by atoms with Crippen LogP contribution in [-0.4, -0.2) is 27.7 Å². The van der Waals surface area contributed by atoms with E-state index >= 15 is 0 Å². The van der Waals surface area contributed by atoms with Gasteiger partial charge in [-0.15, -0.1) is 0 Å². The largest absolute Gasteiger partial charge is 0.495 e. The lowest BCUT2D eigenvalue weighted by Crippen LogP contribution is -2.20. The van der Waals surface area contributed by atoms with Gasteiger partial charge in [0.1, 0.15) is 16.4 Å². The molecule has 2 rings (SSSR count). The topological polar surface area (TPSA) is 103 Å². The van der Waals surface area contributed by atoms with Crippen LogP contribution in [0.1, 0.15) is 0 Å². The van der Waals surface area contributed by atoms with E-state index in [9.17, 15) is 8.42 Å². The molecular formula is C15H17N3O4S2. The summed E-state index contributed by atoms with van der Waals surface area (Å²) < 4.78 is 38.2. The summed E-state index contributed by atoms with van der Waals surface area (Å²) in [5.74, 6) is 0.384. The first-order valence-electron chi connectivity index (χ1n) is 6.77. The van der Waals surface area contributed by atoms with Gasteiger partial charge in [0.05, 0.1) is 19.9 Å². The molecule has 4 N–H and O–H groups in total. The third-order valence-corrected chi connectivity index (χ3v) is 4.56. The fraction of sp³-hybridized carbons (Fsp3) is 0.133. The lowest BCUT2D eigenvalue weighted by molar-refractivity contribution is 0.394. The zero-order valence-corrected chi connectivity index (χ0v) is 14.7. The normalized spacial score (nSPS) is 10.8. The highest BCUT2D eigenvalue weighted by Crippen LogP contribution is 2.36. The molecule has 0 saturated heterocycles. The Morgan fingerprint density at radius 1 is 1.08 bits per heavy atom.